The van der Waals surface area contributed by atoms with E-state index in [0.29, 0.717) is 5.69 Å². The maximum absolute atomic E-state index is 12.0. The van der Waals surface area contributed by atoms with Crippen LogP contribution in [0.15, 0.2) is 6.20 Å². The number of hydrogen-bond acceptors (Lipinski definition) is 3. The lowest BCUT2D eigenvalue weighted by molar-refractivity contribution is -0.163. The fourth-order valence-corrected chi connectivity index (χ4v) is 2.32. The summed E-state index contributed by atoms with van der Waals surface area (Å²) >= 11 is 0. The van der Waals surface area contributed by atoms with Gasteiger partial charge < -0.3 is 15.3 Å². The van der Waals surface area contributed by atoms with Crippen LogP contribution in [0.5, 0.6) is 0 Å². The molecule has 1 saturated heterocycles. The Morgan fingerprint density at radius 2 is 1.95 bits per heavy atom. The van der Waals surface area contributed by atoms with E-state index in [1.807, 2.05) is 13.8 Å². The molecule has 1 fully saturated rings. The smallest absolute Gasteiger partial charge is 0.327 e. The first-order valence-corrected chi connectivity index (χ1v) is 6.08. The highest BCUT2D eigenvalue weighted by Gasteiger charge is 2.43. The zero-order valence-electron chi connectivity index (χ0n) is 10.9. The molecule has 2 rings (SSSR count). The number of likely N-dealkylation sites (tertiary alicyclic amines) is 1. The summed E-state index contributed by atoms with van der Waals surface area (Å²) in [6.45, 7) is 3.66. The largest absolute Gasteiger partial charge is 0.480 e. The van der Waals surface area contributed by atoms with E-state index in [1.165, 1.54) is 0 Å². The monoisotopic (exact) mass is 267 g/mol. The van der Waals surface area contributed by atoms with Crippen LogP contribution in [-0.4, -0.2) is 44.0 Å². The Bertz CT molecular complexity index is 485. The molecule has 2 heterocycles. The summed E-state index contributed by atoms with van der Waals surface area (Å²) in [5, 5.41) is 14.6. The molecule has 0 spiro atoms. The number of carboxylic acids is 1. The van der Waals surface area contributed by atoms with Crippen molar-refractivity contribution in [2.75, 3.05) is 0 Å². The third kappa shape index (κ3) is 2.69. The molecule has 0 aliphatic carbocycles. The van der Waals surface area contributed by atoms with Gasteiger partial charge in [0.1, 0.15) is 6.04 Å². The molecule has 104 valence electrons. The van der Waals surface area contributed by atoms with Crippen molar-refractivity contribution in [2.24, 2.45) is 5.41 Å². The van der Waals surface area contributed by atoms with Gasteiger partial charge in [-0.05, 0) is 5.41 Å². The summed E-state index contributed by atoms with van der Waals surface area (Å²) in [5.74, 6) is -2.00. The molecular weight excluding hydrogens is 250 g/mol. The summed E-state index contributed by atoms with van der Waals surface area (Å²) < 4.78 is 0. The molecule has 1 aromatic heterocycles. The number of rotatable bonds is 4. The van der Waals surface area contributed by atoms with Gasteiger partial charge in [-0.25, -0.2) is 4.79 Å². The molecule has 19 heavy (non-hydrogen) atoms. The standard InChI is InChI=1S/C12H17N3O4/c1-12(2)4-9(16)15(10(17)5-12)8(11(18)19)3-7-6-13-14-7/h6,8,13-14H,3-5H2,1-2H3,(H,18,19). The van der Waals surface area contributed by atoms with Gasteiger partial charge in [-0.3, -0.25) is 14.5 Å². The average molecular weight is 267 g/mol. The van der Waals surface area contributed by atoms with E-state index in [2.05, 4.69) is 10.2 Å². The molecule has 1 atom stereocenters. The molecule has 0 bridgehead atoms. The van der Waals surface area contributed by atoms with E-state index >= 15 is 0 Å². The van der Waals surface area contributed by atoms with Crippen LogP contribution >= 0.6 is 0 Å². The van der Waals surface area contributed by atoms with Crippen LogP contribution in [0.4, 0.5) is 0 Å². The van der Waals surface area contributed by atoms with Crippen molar-refractivity contribution >= 4 is 17.8 Å². The number of aromatic amines is 2. The number of H-pyrrole nitrogens is 2. The lowest BCUT2D eigenvalue weighted by Crippen LogP contribution is -2.54. The van der Waals surface area contributed by atoms with Gasteiger partial charge in [-0.2, -0.15) is 0 Å². The van der Waals surface area contributed by atoms with Gasteiger partial charge in [-0.1, -0.05) is 13.8 Å². The summed E-state index contributed by atoms with van der Waals surface area (Å²) in [6.07, 6.45) is 2.08. The number of carbonyl (C=O) groups is 3. The first-order chi connectivity index (χ1) is 8.80. The number of nitrogens with zero attached hydrogens (tertiary/aromatic N) is 1. The normalized spacial score (nSPS) is 20.6. The number of carbonyl (C=O) groups excluding carboxylic acids is 2. The Hall–Kier alpha value is -2.05. The fraction of sp³-hybridized carbons (Fsp3) is 0.583. The molecule has 2 amide bonds. The van der Waals surface area contributed by atoms with Gasteiger partial charge in [0.15, 0.2) is 0 Å². The zero-order valence-corrected chi connectivity index (χ0v) is 10.9. The van der Waals surface area contributed by atoms with Crippen molar-refractivity contribution in [2.45, 2.75) is 39.2 Å². The number of imide groups is 1. The molecule has 0 saturated carbocycles. The number of aromatic nitrogens is 2. The summed E-state index contributed by atoms with van der Waals surface area (Å²) in [5.41, 5.74) is 0.265. The van der Waals surface area contributed by atoms with Crippen LogP contribution in [0.2, 0.25) is 0 Å². The topological polar surface area (TPSA) is 106 Å². The second-order valence-corrected chi connectivity index (χ2v) is 5.67. The molecule has 1 unspecified atom stereocenters. The van der Waals surface area contributed by atoms with Crippen LogP contribution in [0.1, 0.15) is 32.4 Å². The second kappa shape index (κ2) is 4.56. The van der Waals surface area contributed by atoms with Crippen LogP contribution in [0, 0.1) is 5.41 Å². The maximum Gasteiger partial charge on any atom is 0.327 e. The highest BCUT2D eigenvalue weighted by molar-refractivity contribution is 6.01. The Labute approximate surface area is 110 Å². The predicted molar refractivity (Wildman–Crippen MR) is 65.1 cm³/mol. The van der Waals surface area contributed by atoms with Gasteiger partial charge in [0.2, 0.25) is 11.8 Å². The molecule has 0 aromatic carbocycles. The van der Waals surface area contributed by atoms with E-state index < -0.39 is 29.2 Å². The predicted octanol–water partition coefficient (Wildman–Crippen LogP) is 0.514. The maximum atomic E-state index is 12.0. The van der Waals surface area contributed by atoms with Crippen molar-refractivity contribution in [3.8, 4) is 0 Å². The van der Waals surface area contributed by atoms with E-state index in [1.54, 1.807) is 6.20 Å². The fourth-order valence-electron chi connectivity index (χ4n) is 2.32. The number of piperidine rings is 1. The molecule has 0 radical (unpaired) electrons. The van der Waals surface area contributed by atoms with Gasteiger partial charge >= 0.3 is 5.97 Å². The number of nitrogens with one attached hydrogen (secondary N) is 2. The number of amides is 2. The van der Waals surface area contributed by atoms with Crippen molar-refractivity contribution < 1.29 is 19.5 Å². The lowest BCUT2D eigenvalue weighted by Gasteiger charge is -2.37. The van der Waals surface area contributed by atoms with Gasteiger partial charge in [0.05, 0.1) is 5.69 Å². The minimum Gasteiger partial charge on any atom is -0.480 e. The van der Waals surface area contributed by atoms with Crippen LogP contribution < -0.4 is 0 Å². The first-order valence-electron chi connectivity index (χ1n) is 6.08. The van der Waals surface area contributed by atoms with Gasteiger partial charge in [0.25, 0.3) is 0 Å². The Morgan fingerprint density at radius 1 is 1.42 bits per heavy atom. The van der Waals surface area contributed by atoms with Crippen LogP contribution in [0.25, 0.3) is 0 Å². The minimum absolute atomic E-state index is 0.0975. The average Bonchev–Trinajstić information content (AvgIpc) is 2.16. The zero-order chi connectivity index (χ0) is 14.2. The van der Waals surface area contributed by atoms with Crippen molar-refractivity contribution in [3.63, 3.8) is 0 Å². The first kappa shape index (κ1) is 13.4. The Balaban J connectivity index is 2.20. The molecular formula is C12H17N3O4. The molecule has 1 aromatic rings. The number of carboxylic acid groups (broad SMARTS) is 1. The van der Waals surface area contributed by atoms with Crippen LogP contribution in [0.3, 0.4) is 0 Å². The highest BCUT2D eigenvalue weighted by atomic mass is 16.4. The highest BCUT2D eigenvalue weighted by Crippen LogP contribution is 2.32. The van der Waals surface area contributed by atoms with Crippen molar-refractivity contribution in [1.82, 2.24) is 15.1 Å². The number of aliphatic carboxylic acids is 1. The third-order valence-electron chi connectivity index (χ3n) is 3.29. The third-order valence-corrected chi connectivity index (χ3v) is 3.29. The Morgan fingerprint density at radius 3 is 2.32 bits per heavy atom. The van der Waals surface area contributed by atoms with Crippen molar-refractivity contribution in [3.05, 3.63) is 11.9 Å². The van der Waals surface area contributed by atoms with Crippen molar-refractivity contribution in [1.29, 1.82) is 0 Å². The SMILES string of the molecule is CC1(C)CC(=O)N(C(Cc2c[nH][nH]2)C(=O)O)C(=O)C1. The van der Waals surface area contributed by atoms with Gasteiger partial charge in [0, 0.05) is 25.5 Å². The molecule has 7 nitrogen and oxygen atoms in total. The molecule has 3 N–H and O–H groups in total. The molecule has 7 heteroatoms. The molecule has 1 aliphatic rings. The quantitative estimate of drug-likeness (QED) is 0.691. The van der Waals surface area contributed by atoms with Crippen LogP contribution in [-0.2, 0) is 20.8 Å². The van der Waals surface area contributed by atoms with E-state index in [0.717, 1.165) is 4.90 Å². The summed E-state index contributed by atoms with van der Waals surface area (Å²) in [4.78, 5) is 36.3. The van der Waals surface area contributed by atoms with Gasteiger partial charge in [-0.15, -0.1) is 0 Å². The summed E-state index contributed by atoms with van der Waals surface area (Å²) in [7, 11) is 0. The van der Waals surface area contributed by atoms with E-state index in [4.69, 9.17) is 0 Å². The minimum atomic E-state index is -1.17. The molecule has 1 aliphatic heterocycles. The summed E-state index contributed by atoms with van der Waals surface area (Å²) in [6, 6.07) is -1.14. The number of hydrogen-bond donors (Lipinski definition) is 3. The second-order valence-electron chi connectivity index (χ2n) is 5.67. The lowest BCUT2D eigenvalue weighted by atomic mass is 9.81. The van der Waals surface area contributed by atoms with E-state index in [-0.39, 0.29) is 19.3 Å². The van der Waals surface area contributed by atoms with E-state index in [9.17, 15) is 19.5 Å². The Kier molecular flexibility index (Phi) is 3.21.